The third kappa shape index (κ3) is 5.73. The smallest absolute Gasteiger partial charge is 0.261 e. The monoisotopic (exact) mass is 325 g/mol. The zero-order valence-corrected chi connectivity index (χ0v) is 14.8. The van der Waals surface area contributed by atoms with Crippen molar-refractivity contribution in [3.05, 3.63) is 65.2 Å². The Balaban J connectivity index is 1.80. The normalized spacial score (nSPS) is 11.8. The molecule has 1 N–H and O–H groups in total. The Labute approximate surface area is 145 Å². The van der Waals surface area contributed by atoms with Gasteiger partial charge in [0.2, 0.25) is 0 Å². The van der Waals surface area contributed by atoms with Crippen LogP contribution in [0.4, 0.5) is 0 Å². The maximum atomic E-state index is 12.3. The molecule has 0 spiro atoms. The lowest BCUT2D eigenvalue weighted by Gasteiger charge is -2.18. The van der Waals surface area contributed by atoms with Crippen LogP contribution >= 0.6 is 0 Å². The Hall–Kier alpha value is -2.29. The highest BCUT2D eigenvalue weighted by atomic mass is 16.5. The molecular weight excluding hydrogens is 298 g/mol. The molecule has 1 atom stereocenters. The first-order chi connectivity index (χ1) is 11.6. The highest BCUT2D eigenvalue weighted by Gasteiger charge is 2.18. The molecule has 24 heavy (non-hydrogen) atoms. The Morgan fingerprint density at radius 2 is 1.75 bits per heavy atom. The van der Waals surface area contributed by atoms with Crippen molar-refractivity contribution in [3.63, 3.8) is 0 Å². The second kappa shape index (κ2) is 9.11. The van der Waals surface area contributed by atoms with Gasteiger partial charge in [0, 0.05) is 6.54 Å². The first-order valence-electron chi connectivity index (χ1n) is 8.65. The number of nitrogens with one attached hydrogen (secondary N) is 1. The average molecular weight is 325 g/mol. The molecule has 0 heterocycles. The summed E-state index contributed by atoms with van der Waals surface area (Å²) in [6, 6.07) is 16.4. The number of rotatable bonds is 8. The predicted octanol–water partition coefficient (Wildman–Crippen LogP) is 4.21. The summed E-state index contributed by atoms with van der Waals surface area (Å²) in [6.07, 6.45) is 2.10. The SMILES string of the molecule is CCC(Oc1cc(C)cc(C)c1)C(=O)NCCCc1ccccc1. The minimum atomic E-state index is -0.442. The van der Waals surface area contributed by atoms with E-state index in [4.69, 9.17) is 4.74 Å². The van der Waals surface area contributed by atoms with Crippen molar-refractivity contribution < 1.29 is 9.53 Å². The van der Waals surface area contributed by atoms with E-state index < -0.39 is 6.10 Å². The van der Waals surface area contributed by atoms with Crippen molar-refractivity contribution in [1.82, 2.24) is 5.32 Å². The van der Waals surface area contributed by atoms with Gasteiger partial charge in [0.05, 0.1) is 0 Å². The standard InChI is InChI=1S/C21H27NO2/c1-4-20(24-19-14-16(2)13-17(3)15-19)21(23)22-12-8-11-18-9-6-5-7-10-18/h5-7,9-10,13-15,20H,4,8,11-12H2,1-3H3,(H,22,23). The molecule has 2 aromatic carbocycles. The summed E-state index contributed by atoms with van der Waals surface area (Å²) in [5.74, 6) is 0.725. The fraction of sp³-hybridized carbons (Fsp3) is 0.381. The topological polar surface area (TPSA) is 38.3 Å². The number of carbonyl (C=O) groups excluding carboxylic acids is 1. The van der Waals surface area contributed by atoms with Crippen molar-refractivity contribution in [2.45, 2.75) is 46.1 Å². The molecule has 3 nitrogen and oxygen atoms in total. The summed E-state index contributed by atoms with van der Waals surface area (Å²) >= 11 is 0. The van der Waals surface area contributed by atoms with E-state index in [1.165, 1.54) is 5.56 Å². The highest BCUT2D eigenvalue weighted by Crippen LogP contribution is 2.18. The van der Waals surface area contributed by atoms with Crippen molar-refractivity contribution >= 4 is 5.91 Å². The molecule has 1 amide bonds. The lowest BCUT2D eigenvalue weighted by Crippen LogP contribution is -2.38. The fourth-order valence-electron chi connectivity index (χ4n) is 2.75. The van der Waals surface area contributed by atoms with Gasteiger partial charge in [-0.1, -0.05) is 43.3 Å². The molecule has 0 bridgehead atoms. The summed E-state index contributed by atoms with van der Waals surface area (Å²) in [7, 11) is 0. The van der Waals surface area contributed by atoms with Crippen LogP contribution in [-0.2, 0) is 11.2 Å². The van der Waals surface area contributed by atoms with Gasteiger partial charge < -0.3 is 10.1 Å². The number of carbonyl (C=O) groups is 1. The largest absolute Gasteiger partial charge is 0.481 e. The van der Waals surface area contributed by atoms with Gasteiger partial charge in [-0.15, -0.1) is 0 Å². The van der Waals surface area contributed by atoms with Crippen molar-refractivity contribution in [2.24, 2.45) is 0 Å². The number of hydrogen-bond acceptors (Lipinski definition) is 2. The molecule has 128 valence electrons. The zero-order valence-electron chi connectivity index (χ0n) is 14.8. The Kier molecular flexibility index (Phi) is 6.86. The number of benzene rings is 2. The molecule has 0 radical (unpaired) electrons. The van der Waals surface area contributed by atoms with Crippen LogP contribution in [0.5, 0.6) is 5.75 Å². The molecule has 2 aromatic rings. The average Bonchev–Trinajstić information content (AvgIpc) is 2.56. The minimum Gasteiger partial charge on any atom is -0.481 e. The summed E-state index contributed by atoms with van der Waals surface area (Å²) < 4.78 is 5.89. The number of ether oxygens (including phenoxy) is 1. The molecule has 1 unspecified atom stereocenters. The molecule has 3 heteroatoms. The maximum Gasteiger partial charge on any atom is 0.261 e. The van der Waals surface area contributed by atoms with E-state index in [1.54, 1.807) is 0 Å². The number of hydrogen-bond donors (Lipinski definition) is 1. The second-order valence-electron chi connectivity index (χ2n) is 6.22. The van der Waals surface area contributed by atoms with Crippen LogP contribution < -0.4 is 10.1 Å². The van der Waals surface area contributed by atoms with E-state index in [1.807, 2.05) is 51.1 Å². The first-order valence-corrected chi connectivity index (χ1v) is 8.65. The molecule has 0 aliphatic heterocycles. The van der Waals surface area contributed by atoms with Crippen LogP contribution in [0.1, 0.15) is 36.5 Å². The number of aryl methyl sites for hydroxylation is 3. The van der Waals surface area contributed by atoms with Crippen molar-refractivity contribution in [1.29, 1.82) is 0 Å². The Bertz CT molecular complexity index is 632. The second-order valence-corrected chi connectivity index (χ2v) is 6.22. The molecule has 0 aliphatic carbocycles. The summed E-state index contributed by atoms with van der Waals surface area (Å²) in [6.45, 7) is 6.70. The third-order valence-electron chi connectivity index (χ3n) is 3.92. The third-order valence-corrected chi connectivity index (χ3v) is 3.92. The van der Waals surface area contributed by atoms with Crippen LogP contribution in [0.25, 0.3) is 0 Å². The van der Waals surface area contributed by atoms with E-state index in [0.717, 1.165) is 29.7 Å². The van der Waals surface area contributed by atoms with Gasteiger partial charge in [-0.25, -0.2) is 0 Å². The van der Waals surface area contributed by atoms with Gasteiger partial charge in [-0.3, -0.25) is 4.79 Å². The van der Waals surface area contributed by atoms with Gasteiger partial charge in [-0.2, -0.15) is 0 Å². The summed E-state index contributed by atoms with van der Waals surface area (Å²) in [4.78, 5) is 12.3. The van der Waals surface area contributed by atoms with E-state index in [0.29, 0.717) is 13.0 Å². The highest BCUT2D eigenvalue weighted by molar-refractivity contribution is 5.81. The molecule has 0 aliphatic rings. The molecule has 0 saturated carbocycles. The van der Waals surface area contributed by atoms with Gasteiger partial charge in [0.15, 0.2) is 6.10 Å². The number of amides is 1. The maximum absolute atomic E-state index is 12.3. The lowest BCUT2D eigenvalue weighted by atomic mass is 10.1. The van der Waals surface area contributed by atoms with E-state index in [-0.39, 0.29) is 5.91 Å². The molecule has 0 fully saturated rings. The van der Waals surface area contributed by atoms with E-state index in [2.05, 4.69) is 23.5 Å². The van der Waals surface area contributed by atoms with Crippen LogP contribution in [0.3, 0.4) is 0 Å². The van der Waals surface area contributed by atoms with Crippen molar-refractivity contribution in [2.75, 3.05) is 6.54 Å². The molecule has 0 saturated heterocycles. The van der Waals surface area contributed by atoms with Gasteiger partial charge in [0.25, 0.3) is 5.91 Å². The molecule has 2 rings (SSSR count). The fourth-order valence-corrected chi connectivity index (χ4v) is 2.75. The van der Waals surface area contributed by atoms with E-state index >= 15 is 0 Å². The van der Waals surface area contributed by atoms with E-state index in [9.17, 15) is 4.79 Å². The van der Waals surface area contributed by atoms with Crippen LogP contribution in [-0.4, -0.2) is 18.6 Å². The molecular formula is C21H27NO2. The first kappa shape index (κ1) is 18.1. The predicted molar refractivity (Wildman–Crippen MR) is 98.4 cm³/mol. The zero-order chi connectivity index (χ0) is 17.4. The van der Waals surface area contributed by atoms with Gasteiger partial charge >= 0.3 is 0 Å². The Morgan fingerprint density at radius 3 is 2.38 bits per heavy atom. The Morgan fingerprint density at radius 1 is 1.08 bits per heavy atom. The van der Waals surface area contributed by atoms with Crippen LogP contribution in [0.15, 0.2) is 48.5 Å². The van der Waals surface area contributed by atoms with Crippen LogP contribution in [0.2, 0.25) is 0 Å². The quantitative estimate of drug-likeness (QED) is 0.738. The van der Waals surface area contributed by atoms with Gasteiger partial charge in [0.1, 0.15) is 5.75 Å². The van der Waals surface area contributed by atoms with Gasteiger partial charge in [-0.05, 0) is 61.9 Å². The van der Waals surface area contributed by atoms with Crippen LogP contribution in [0, 0.1) is 13.8 Å². The summed E-state index contributed by atoms with van der Waals surface area (Å²) in [5, 5.41) is 2.99. The minimum absolute atomic E-state index is 0.0373. The van der Waals surface area contributed by atoms with Crippen molar-refractivity contribution in [3.8, 4) is 5.75 Å². The molecule has 0 aromatic heterocycles. The summed E-state index contributed by atoms with van der Waals surface area (Å²) in [5.41, 5.74) is 3.58. The lowest BCUT2D eigenvalue weighted by molar-refractivity contribution is -0.128.